The first-order valence-electron chi connectivity index (χ1n) is 7.53. The topological polar surface area (TPSA) is 42.5 Å². The fraction of sp³-hybridized carbons (Fsp3) is 0.278. The lowest BCUT2D eigenvalue weighted by Gasteiger charge is -2.13. The zero-order chi connectivity index (χ0) is 16.7. The highest BCUT2D eigenvalue weighted by molar-refractivity contribution is 7.80. The van der Waals surface area contributed by atoms with Crippen LogP contribution < -0.4 is 20.1 Å². The number of ether oxygens (including phenoxy) is 2. The van der Waals surface area contributed by atoms with Gasteiger partial charge in [0.1, 0.15) is 0 Å². The van der Waals surface area contributed by atoms with Crippen LogP contribution in [0, 0.1) is 6.92 Å². The van der Waals surface area contributed by atoms with Gasteiger partial charge in [0.2, 0.25) is 0 Å². The van der Waals surface area contributed by atoms with Gasteiger partial charge in [0.25, 0.3) is 0 Å². The van der Waals surface area contributed by atoms with Crippen LogP contribution in [0.15, 0.2) is 42.5 Å². The maximum Gasteiger partial charge on any atom is 0.171 e. The molecule has 0 spiro atoms. The Kier molecular flexibility index (Phi) is 6.23. The molecule has 0 radical (unpaired) electrons. The van der Waals surface area contributed by atoms with E-state index in [2.05, 4.69) is 17.6 Å². The second kappa shape index (κ2) is 8.39. The van der Waals surface area contributed by atoms with Gasteiger partial charge in [0, 0.05) is 12.2 Å². The third-order valence-electron chi connectivity index (χ3n) is 3.29. The van der Waals surface area contributed by atoms with Crippen molar-refractivity contribution in [3.05, 3.63) is 53.6 Å². The maximum absolute atomic E-state index is 5.58. The summed E-state index contributed by atoms with van der Waals surface area (Å²) in [6.07, 6.45) is 0. The summed E-state index contributed by atoms with van der Waals surface area (Å²) in [7, 11) is 1.64. The molecule has 0 atom stereocenters. The van der Waals surface area contributed by atoms with E-state index < -0.39 is 0 Å². The summed E-state index contributed by atoms with van der Waals surface area (Å²) in [6.45, 7) is 5.22. The molecule has 0 unspecified atom stereocenters. The smallest absolute Gasteiger partial charge is 0.171 e. The lowest BCUT2D eigenvalue weighted by Crippen LogP contribution is -2.27. The first kappa shape index (κ1) is 17.1. The predicted molar refractivity (Wildman–Crippen MR) is 98.4 cm³/mol. The Bertz CT molecular complexity index is 657. The first-order valence-corrected chi connectivity index (χ1v) is 7.94. The van der Waals surface area contributed by atoms with Crippen molar-refractivity contribution in [1.82, 2.24) is 5.32 Å². The molecule has 2 rings (SSSR count). The zero-order valence-electron chi connectivity index (χ0n) is 13.7. The molecule has 0 saturated carbocycles. The van der Waals surface area contributed by atoms with Crippen LogP contribution in [0.4, 0.5) is 5.69 Å². The van der Waals surface area contributed by atoms with Crippen molar-refractivity contribution in [1.29, 1.82) is 0 Å². The summed E-state index contributed by atoms with van der Waals surface area (Å²) < 4.78 is 10.9. The average molecular weight is 330 g/mol. The minimum atomic E-state index is 0.586. The number of thiocarbonyl (C=S) groups is 1. The molecule has 4 nitrogen and oxygen atoms in total. The number of hydrogen-bond donors (Lipinski definition) is 2. The summed E-state index contributed by atoms with van der Waals surface area (Å²) in [4.78, 5) is 0. The molecule has 0 heterocycles. The quantitative estimate of drug-likeness (QED) is 0.787. The fourth-order valence-electron chi connectivity index (χ4n) is 2.09. The number of hydrogen-bond acceptors (Lipinski definition) is 3. The van der Waals surface area contributed by atoms with Gasteiger partial charge in [0.05, 0.1) is 13.7 Å². The molecule has 0 aromatic heterocycles. The van der Waals surface area contributed by atoms with Crippen LogP contribution in [-0.2, 0) is 6.54 Å². The molecule has 2 aromatic rings. The maximum atomic E-state index is 5.58. The Morgan fingerprint density at radius 2 is 1.83 bits per heavy atom. The summed E-state index contributed by atoms with van der Waals surface area (Å²) >= 11 is 5.32. The Labute approximate surface area is 142 Å². The van der Waals surface area contributed by atoms with E-state index >= 15 is 0 Å². The highest BCUT2D eigenvalue weighted by atomic mass is 32.1. The predicted octanol–water partition coefficient (Wildman–Crippen LogP) is 3.89. The van der Waals surface area contributed by atoms with Crippen molar-refractivity contribution in [3.8, 4) is 11.5 Å². The van der Waals surface area contributed by atoms with Crippen molar-refractivity contribution < 1.29 is 9.47 Å². The number of benzene rings is 2. The molecule has 0 saturated heterocycles. The number of nitrogens with one attached hydrogen (secondary N) is 2. The van der Waals surface area contributed by atoms with Crippen LogP contribution in [0.5, 0.6) is 11.5 Å². The molecular weight excluding hydrogens is 308 g/mol. The molecule has 2 N–H and O–H groups in total. The second-order valence-corrected chi connectivity index (χ2v) is 5.50. The van der Waals surface area contributed by atoms with Gasteiger partial charge in [-0.1, -0.05) is 23.8 Å². The first-order chi connectivity index (χ1) is 11.1. The van der Waals surface area contributed by atoms with Crippen molar-refractivity contribution in [2.24, 2.45) is 0 Å². The van der Waals surface area contributed by atoms with Gasteiger partial charge >= 0.3 is 0 Å². The van der Waals surface area contributed by atoms with Crippen LogP contribution in [0.1, 0.15) is 18.1 Å². The van der Waals surface area contributed by atoms with Gasteiger partial charge in [-0.15, -0.1) is 0 Å². The van der Waals surface area contributed by atoms with Gasteiger partial charge in [-0.25, -0.2) is 0 Å². The molecule has 0 amide bonds. The third-order valence-corrected chi connectivity index (χ3v) is 3.54. The highest BCUT2D eigenvalue weighted by Gasteiger charge is 2.06. The molecule has 0 aliphatic rings. The van der Waals surface area contributed by atoms with E-state index in [4.69, 9.17) is 21.7 Å². The lowest BCUT2D eigenvalue weighted by molar-refractivity contribution is 0.310. The van der Waals surface area contributed by atoms with Crippen LogP contribution in [-0.4, -0.2) is 18.8 Å². The van der Waals surface area contributed by atoms with Crippen LogP contribution in [0.2, 0.25) is 0 Å². The standard InChI is InChI=1S/C18H22N2O2S/c1-4-22-17-11-14(7-10-16(17)21-3)12-19-18(23)20-15-8-5-13(2)6-9-15/h5-11H,4,12H2,1-3H3,(H2,19,20,23). The van der Waals surface area contributed by atoms with E-state index in [-0.39, 0.29) is 0 Å². The largest absolute Gasteiger partial charge is 0.493 e. The summed E-state index contributed by atoms with van der Waals surface area (Å²) in [5, 5.41) is 6.94. The van der Waals surface area contributed by atoms with Gasteiger partial charge < -0.3 is 20.1 Å². The van der Waals surface area contributed by atoms with Crippen molar-refractivity contribution in [3.63, 3.8) is 0 Å². The highest BCUT2D eigenvalue weighted by Crippen LogP contribution is 2.27. The molecule has 23 heavy (non-hydrogen) atoms. The fourth-order valence-corrected chi connectivity index (χ4v) is 2.28. The average Bonchev–Trinajstić information content (AvgIpc) is 2.56. The Morgan fingerprint density at radius 1 is 1.09 bits per heavy atom. The molecular formula is C18H22N2O2S. The second-order valence-electron chi connectivity index (χ2n) is 5.09. The molecule has 5 heteroatoms. The van der Waals surface area contributed by atoms with Gasteiger partial charge in [0.15, 0.2) is 16.6 Å². The minimum absolute atomic E-state index is 0.586. The Balaban J connectivity index is 1.93. The van der Waals surface area contributed by atoms with E-state index in [1.165, 1.54) is 5.56 Å². The van der Waals surface area contributed by atoms with Crippen molar-refractivity contribution in [2.75, 3.05) is 19.0 Å². The number of anilines is 1. The Morgan fingerprint density at radius 3 is 2.48 bits per heavy atom. The van der Waals surface area contributed by atoms with Crippen molar-refractivity contribution >= 4 is 23.0 Å². The Hall–Kier alpha value is -2.27. The van der Waals surface area contributed by atoms with Crippen molar-refractivity contribution in [2.45, 2.75) is 20.4 Å². The zero-order valence-corrected chi connectivity index (χ0v) is 14.5. The normalized spacial score (nSPS) is 10.0. The van der Waals surface area contributed by atoms with E-state index in [0.29, 0.717) is 18.3 Å². The number of methoxy groups -OCH3 is 1. The van der Waals surface area contributed by atoms with Crippen LogP contribution in [0.25, 0.3) is 0 Å². The number of rotatable bonds is 6. The number of aryl methyl sites for hydroxylation is 1. The van der Waals surface area contributed by atoms with Crippen LogP contribution >= 0.6 is 12.2 Å². The van der Waals surface area contributed by atoms with Gasteiger partial charge in [-0.3, -0.25) is 0 Å². The minimum Gasteiger partial charge on any atom is -0.493 e. The van der Waals surface area contributed by atoms with E-state index in [1.807, 2.05) is 49.4 Å². The van der Waals surface area contributed by atoms with E-state index in [1.54, 1.807) is 7.11 Å². The third kappa shape index (κ3) is 5.14. The monoisotopic (exact) mass is 330 g/mol. The molecule has 0 aliphatic heterocycles. The molecule has 122 valence electrons. The van der Waals surface area contributed by atoms with E-state index in [0.717, 1.165) is 22.7 Å². The molecule has 2 aromatic carbocycles. The van der Waals surface area contributed by atoms with E-state index in [9.17, 15) is 0 Å². The summed E-state index contributed by atoms with van der Waals surface area (Å²) in [6, 6.07) is 13.9. The SMILES string of the molecule is CCOc1cc(CNC(=S)Nc2ccc(C)cc2)ccc1OC. The molecule has 0 fully saturated rings. The van der Waals surface area contributed by atoms with Crippen LogP contribution in [0.3, 0.4) is 0 Å². The summed E-state index contributed by atoms with van der Waals surface area (Å²) in [5.74, 6) is 1.47. The van der Waals surface area contributed by atoms with Gasteiger partial charge in [-0.2, -0.15) is 0 Å². The lowest BCUT2D eigenvalue weighted by atomic mass is 10.2. The molecule has 0 aliphatic carbocycles. The van der Waals surface area contributed by atoms with Gasteiger partial charge in [-0.05, 0) is 55.9 Å². The molecule has 0 bridgehead atoms. The summed E-state index contributed by atoms with van der Waals surface area (Å²) in [5.41, 5.74) is 3.26.